The molecule has 0 aliphatic carbocycles. The second-order valence-electron chi connectivity index (χ2n) is 4.64. The quantitative estimate of drug-likeness (QED) is 0.746. The van der Waals surface area contributed by atoms with Crippen LogP contribution in [-0.4, -0.2) is 24.4 Å². The smallest absolute Gasteiger partial charge is 0.243 e. The van der Waals surface area contributed by atoms with Gasteiger partial charge in [0.25, 0.3) is 0 Å². The molecule has 0 radical (unpaired) electrons. The van der Waals surface area contributed by atoms with Gasteiger partial charge in [-0.15, -0.1) is 12.4 Å². The van der Waals surface area contributed by atoms with Crippen molar-refractivity contribution in [1.82, 2.24) is 5.32 Å². The van der Waals surface area contributed by atoms with Gasteiger partial charge in [-0.3, -0.25) is 9.59 Å². The molecule has 0 aromatic heterocycles. The number of nitrogens with two attached hydrogens (primary N) is 1. The summed E-state index contributed by atoms with van der Waals surface area (Å²) in [6.07, 6.45) is 1.41. The molecule has 0 fully saturated rings. The fourth-order valence-electron chi connectivity index (χ4n) is 1.66. The SMILES string of the molecule is CCCC(N)C(=O)NCC(=O)Nc1ccc(C)cc1Cl.Cl. The minimum absolute atomic E-state index is 0. The summed E-state index contributed by atoms with van der Waals surface area (Å²) in [4.78, 5) is 23.3. The lowest BCUT2D eigenvalue weighted by molar-refractivity contribution is -0.125. The summed E-state index contributed by atoms with van der Waals surface area (Å²) in [5.74, 6) is -0.662. The number of benzene rings is 1. The van der Waals surface area contributed by atoms with Crippen molar-refractivity contribution in [3.63, 3.8) is 0 Å². The Labute approximate surface area is 136 Å². The van der Waals surface area contributed by atoms with Crippen molar-refractivity contribution in [2.24, 2.45) is 5.73 Å². The van der Waals surface area contributed by atoms with Gasteiger partial charge < -0.3 is 16.4 Å². The first-order valence-corrected chi connectivity index (χ1v) is 6.91. The van der Waals surface area contributed by atoms with Crippen LogP contribution >= 0.6 is 24.0 Å². The lowest BCUT2D eigenvalue weighted by Gasteiger charge is -2.12. The van der Waals surface area contributed by atoms with E-state index in [0.717, 1.165) is 12.0 Å². The topological polar surface area (TPSA) is 84.2 Å². The third-order valence-corrected chi connectivity index (χ3v) is 3.07. The van der Waals surface area contributed by atoms with Gasteiger partial charge in [-0.25, -0.2) is 0 Å². The monoisotopic (exact) mass is 333 g/mol. The van der Waals surface area contributed by atoms with Crippen LogP contribution in [0.4, 0.5) is 5.69 Å². The van der Waals surface area contributed by atoms with Crippen molar-refractivity contribution >= 4 is 41.5 Å². The number of hydrogen-bond acceptors (Lipinski definition) is 3. The van der Waals surface area contributed by atoms with Crippen LogP contribution in [0.5, 0.6) is 0 Å². The lowest BCUT2D eigenvalue weighted by atomic mass is 10.2. The highest BCUT2D eigenvalue weighted by Gasteiger charge is 2.13. The van der Waals surface area contributed by atoms with Crippen LogP contribution in [-0.2, 0) is 9.59 Å². The number of halogens is 2. The standard InChI is InChI=1S/C14H20ClN3O2.ClH/c1-3-4-11(16)14(20)17-8-13(19)18-12-6-5-9(2)7-10(12)15;/h5-7,11H,3-4,8,16H2,1-2H3,(H,17,20)(H,18,19);1H. The largest absolute Gasteiger partial charge is 0.346 e. The molecule has 0 aliphatic heterocycles. The van der Waals surface area contributed by atoms with Gasteiger partial charge in [-0.2, -0.15) is 0 Å². The van der Waals surface area contributed by atoms with Gasteiger partial charge in [0.2, 0.25) is 11.8 Å². The van der Waals surface area contributed by atoms with Crippen molar-refractivity contribution in [3.05, 3.63) is 28.8 Å². The fourth-order valence-corrected chi connectivity index (χ4v) is 1.94. The van der Waals surface area contributed by atoms with Gasteiger partial charge in [0.15, 0.2) is 0 Å². The molecule has 1 unspecified atom stereocenters. The van der Waals surface area contributed by atoms with E-state index >= 15 is 0 Å². The number of carbonyl (C=O) groups excluding carboxylic acids is 2. The summed E-state index contributed by atoms with van der Waals surface area (Å²) in [6.45, 7) is 3.73. The Morgan fingerprint density at radius 2 is 2.05 bits per heavy atom. The molecular weight excluding hydrogens is 313 g/mol. The van der Waals surface area contributed by atoms with Crippen LogP contribution in [0.2, 0.25) is 5.02 Å². The first-order chi connectivity index (χ1) is 9.43. The molecular formula is C14H21Cl2N3O2. The minimum Gasteiger partial charge on any atom is -0.346 e. The van der Waals surface area contributed by atoms with Crippen LogP contribution < -0.4 is 16.4 Å². The molecule has 2 amide bonds. The zero-order valence-electron chi connectivity index (χ0n) is 12.1. The van der Waals surface area contributed by atoms with Gasteiger partial charge in [0, 0.05) is 0 Å². The first-order valence-electron chi connectivity index (χ1n) is 6.53. The third-order valence-electron chi connectivity index (χ3n) is 2.76. The highest BCUT2D eigenvalue weighted by Crippen LogP contribution is 2.22. The van der Waals surface area contributed by atoms with Crippen LogP contribution in [0.15, 0.2) is 18.2 Å². The molecule has 118 valence electrons. The zero-order valence-corrected chi connectivity index (χ0v) is 13.7. The second-order valence-corrected chi connectivity index (χ2v) is 5.05. The van der Waals surface area contributed by atoms with E-state index in [-0.39, 0.29) is 30.8 Å². The van der Waals surface area contributed by atoms with Crippen LogP contribution in [0.25, 0.3) is 0 Å². The highest BCUT2D eigenvalue weighted by molar-refractivity contribution is 6.33. The van der Waals surface area contributed by atoms with Crippen LogP contribution in [0, 0.1) is 6.92 Å². The van der Waals surface area contributed by atoms with Gasteiger partial charge in [0.05, 0.1) is 23.3 Å². The predicted octanol–water partition coefficient (Wildman–Crippen LogP) is 2.25. The normalized spacial score (nSPS) is 11.2. The minimum atomic E-state index is -0.573. The summed E-state index contributed by atoms with van der Waals surface area (Å²) in [5, 5.41) is 5.60. The van der Waals surface area contributed by atoms with E-state index in [4.69, 9.17) is 17.3 Å². The summed E-state index contributed by atoms with van der Waals surface area (Å²) in [6, 6.07) is 4.75. The molecule has 4 N–H and O–H groups in total. The summed E-state index contributed by atoms with van der Waals surface area (Å²) in [7, 11) is 0. The molecule has 1 atom stereocenters. The summed E-state index contributed by atoms with van der Waals surface area (Å²) >= 11 is 6.01. The molecule has 0 heterocycles. The van der Waals surface area contributed by atoms with Crippen molar-refractivity contribution in [3.8, 4) is 0 Å². The van der Waals surface area contributed by atoms with Gasteiger partial charge in [-0.1, -0.05) is 31.0 Å². The average molecular weight is 334 g/mol. The molecule has 5 nitrogen and oxygen atoms in total. The average Bonchev–Trinajstić information content (AvgIpc) is 2.39. The molecule has 0 saturated carbocycles. The maximum Gasteiger partial charge on any atom is 0.243 e. The Hall–Kier alpha value is -1.30. The Morgan fingerprint density at radius 3 is 2.62 bits per heavy atom. The Balaban J connectivity index is 0.00000400. The Morgan fingerprint density at radius 1 is 1.38 bits per heavy atom. The number of carbonyl (C=O) groups is 2. The molecule has 7 heteroatoms. The highest BCUT2D eigenvalue weighted by atomic mass is 35.5. The van der Waals surface area contributed by atoms with Crippen LogP contribution in [0.3, 0.4) is 0 Å². The number of aryl methyl sites for hydroxylation is 1. The molecule has 0 spiro atoms. The first kappa shape index (κ1) is 19.7. The maximum atomic E-state index is 11.7. The molecule has 0 saturated heterocycles. The molecule has 1 rings (SSSR count). The molecule has 0 bridgehead atoms. The fraction of sp³-hybridized carbons (Fsp3) is 0.429. The Kier molecular flexibility index (Phi) is 9.01. The van der Waals surface area contributed by atoms with Crippen molar-refractivity contribution in [2.45, 2.75) is 32.7 Å². The Bertz CT molecular complexity index is 495. The van der Waals surface area contributed by atoms with Gasteiger partial charge in [0.1, 0.15) is 0 Å². The molecule has 21 heavy (non-hydrogen) atoms. The molecule has 1 aromatic carbocycles. The summed E-state index contributed by atoms with van der Waals surface area (Å²) in [5.41, 5.74) is 7.17. The maximum absolute atomic E-state index is 11.7. The van der Waals surface area contributed by atoms with E-state index in [0.29, 0.717) is 17.1 Å². The number of amides is 2. The molecule has 0 aliphatic rings. The van der Waals surface area contributed by atoms with Gasteiger partial charge >= 0.3 is 0 Å². The van der Waals surface area contributed by atoms with E-state index < -0.39 is 6.04 Å². The van der Waals surface area contributed by atoms with Crippen molar-refractivity contribution in [1.29, 1.82) is 0 Å². The molecule has 1 aromatic rings. The lowest BCUT2D eigenvalue weighted by Crippen LogP contribution is -2.43. The van der Waals surface area contributed by atoms with Gasteiger partial charge in [-0.05, 0) is 31.0 Å². The van der Waals surface area contributed by atoms with Crippen LogP contribution in [0.1, 0.15) is 25.3 Å². The second kappa shape index (κ2) is 9.60. The number of nitrogens with one attached hydrogen (secondary N) is 2. The number of hydrogen-bond donors (Lipinski definition) is 3. The predicted molar refractivity (Wildman–Crippen MR) is 88.0 cm³/mol. The van der Waals surface area contributed by atoms with E-state index in [1.807, 2.05) is 19.9 Å². The zero-order chi connectivity index (χ0) is 15.1. The van der Waals surface area contributed by atoms with E-state index in [9.17, 15) is 9.59 Å². The summed E-state index contributed by atoms with van der Waals surface area (Å²) < 4.78 is 0. The number of anilines is 1. The number of rotatable bonds is 6. The van der Waals surface area contributed by atoms with E-state index in [1.54, 1.807) is 12.1 Å². The van der Waals surface area contributed by atoms with E-state index in [1.165, 1.54) is 0 Å². The van der Waals surface area contributed by atoms with E-state index in [2.05, 4.69) is 10.6 Å². The van der Waals surface area contributed by atoms with Crippen molar-refractivity contribution < 1.29 is 9.59 Å². The van der Waals surface area contributed by atoms with Crippen molar-refractivity contribution in [2.75, 3.05) is 11.9 Å². The third kappa shape index (κ3) is 6.80.